The van der Waals surface area contributed by atoms with Crippen LogP contribution >= 0.6 is 0 Å². The van der Waals surface area contributed by atoms with E-state index in [4.69, 9.17) is 0 Å². The minimum atomic E-state index is -0.124. The van der Waals surface area contributed by atoms with E-state index >= 15 is 0 Å². The second-order valence-electron chi connectivity index (χ2n) is 4.59. The van der Waals surface area contributed by atoms with Crippen LogP contribution in [0.2, 0.25) is 0 Å². The summed E-state index contributed by atoms with van der Waals surface area (Å²) in [5.74, 6) is 0. The standard InChI is InChI=1S/C14H17N3O/c1-9-10(2)14(18)16-15-13(9)11-5-7-12(8-6-11)17(3)4/h5-8H,1-4H3,(H,16,18). The van der Waals surface area contributed by atoms with E-state index in [1.54, 1.807) is 0 Å². The first-order valence-corrected chi connectivity index (χ1v) is 5.84. The number of H-pyrrole nitrogens is 1. The Hall–Kier alpha value is -2.10. The molecule has 0 fully saturated rings. The van der Waals surface area contributed by atoms with Crippen molar-refractivity contribution in [2.45, 2.75) is 13.8 Å². The lowest BCUT2D eigenvalue weighted by Crippen LogP contribution is -2.14. The van der Waals surface area contributed by atoms with Crippen molar-refractivity contribution in [1.82, 2.24) is 10.2 Å². The molecule has 4 nitrogen and oxygen atoms in total. The zero-order valence-electron chi connectivity index (χ0n) is 11.1. The summed E-state index contributed by atoms with van der Waals surface area (Å²) in [6.07, 6.45) is 0. The topological polar surface area (TPSA) is 49.0 Å². The summed E-state index contributed by atoms with van der Waals surface area (Å²) in [4.78, 5) is 13.5. The van der Waals surface area contributed by atoms with Crippen molar-refractivity contribution in [2.75, 3.05) is 19.0 Å². The third kappa shape index (κ3) is 2.14. The zero-order valence-corrected chi connectivity index (χ0v) is 11.1. The Morgan fingerprint density at radius 3 is 2.22 bits per heavy atom. The van der Waals surface area contributed by atoms with Crippen molar-refractivity contribution in [1.29, 1.82) is 0 Å². The third-order valence-electron chi connectivity index (χ3n) is 3.18. The van der Waals surface area contributed by atoms with Crippen molar-refractivity contribution in [2.24, 2.45) is 0 Å². The molecule has 0 aliphatic rings. The number of aromatic nitrogens is 2. The molecule has 0 bridgehead atoms. The molecule has 0 atom stereocenters. The quantitative estimate of drug-likeness (QED) is 0.879. The van der Waals surface area contributed by atoms with Crippen LogP contribution in [0.4, 0.5) is 5.69 Å². The first-order chi connectivity index (χ1) is 8.50. The Morgan fingerprint density at radius 1 is 1.06 bits per heavy atom. The zero-order chi connectivity index (χ0) is 13.3. The molecule has 1 N–H and O–H groups in total. The number of benzene rings is 1. The molecule has 0 aliphatic carbocycles. The molecule has 94 valence electrons. The molecule has 0 spiro atoms. The van der Waals surface area contributed by atoms with Crippen LogP contribution in [0.1, 0.15) is 11.1 Å². The fourth-order valence-corrected chi connectivity index (χ4v) is 1.82. The van der Waals surface area contributed by atoms with Crippen LogP contribution in [0.5, 0.6) is 0 Å². The lowest BCUT2D eigenvalue weighted by molar-refractivity contribution is 0.959. The van der Waals surface area contributed by atoms with Gasteiger partial charge < -0.3 is 4.90 Å². The van der Waals surface area contributed by atoms with Crippen LogP contribution in [-0.4, -0.2) is 24.3 Å². The van der Waals surface area contributed by atoms with Gasteiger partial charge in [0.05, 0.1) is 5.69 Å². The molecule has 0 amide bonds. The van der Waals surface area contributed by atoms with E-state index in [-0.39, 0.29) is 5.56 Å². The summed E-state index contributed by atoms with van der Waals surface area (Å²) in [5.41, 5.74) is 4.50. The van der Waals surface area contributed by atoms with Crippen molar-refractivity contribution >= 4 is 5.69 Å². The Kier molecular flexibility index (Phi) is 3.19. The minimum Gasteiger partial charge on any atom is -0.378 e. The van der Waals surface area contributed by atoms with Gasteiger partial charge >= 0.3 is 0 Å². The maximum absolute atomic E-state index is 11.4. The van der Waals surface area contributed by atoms with Crippen LogP contribution in [0.15, 0.2) is 29.1 Å². The number of nitrogens with zero attached hydrogens (tertiary/aromatic N) is 2. The lowest BCUT2D eigenvalue weighted by Gasteiger charge is -2.13. The average molecular weight is 243 g/mol. The molecule has 2 rings (SSSR count). The summed E-state index contributed by atoms with van der Waals surface area (Å²) in [5, 5.41) is 6.66. The number of rotatable bonds is 2. The number of aromatic amines is 1. The summed E-state index contributed by atoms with van der Waals surface area (Å²) in [7, 11) is 4.01. The molecular formula is C14H17N3O. The molecule has 2 aromatic rings. The summed E-state index contributed by atoms with van der Waals surface area (Å²) >= 11 is 0. The number of hydrogen-bond donors (Lipinski definition) is 1. The summed E-state index contributed by atoms with van der Waals surface area (Å²) in [6, 6.07) is 8.11. The highest BCUT2D eigenvalue weighted by Gasteiger charge is 2.08. The summed E-state index contributed by atoms with van der Waals surface area (Å²) in [6.45, 7) is 3.74. The van der Waals surface area contributed by atoms with Gasteiger partial charge in [0.15, 0.2) is 0 Å². The van der Waals surface area contributed by atoms with Gasteiger partial charge in [0, 0.05) is 30.9 Å². The second-order valence-corrected chi connectivity index (χ2v) is 4.59. The van der Waals surface area contributed by atoms with Crippen molar-refractivity contribution in [3.05, 3.63) is 45.7 Å². The Balaban J connectivity index is 2.49. The molecule has 18 heavy (non-hydrogen) atoms. The Labute approximate surface area is 106 Å². The SMILES string of the molecule is Cc1c(-c2ccc(N(C)C)cc2)n[nH]c(=O)c1C. The van der Waals surface area contributed by atoms with E-state index in [1.807, 2.05) is 57.1 Å². The van der Waals surface area contributed by atoms with Crippen LogP contribution in [0.3, 0.4) is 0 Å². The van der Waals surface area contributed by atoms with Crippen molar-refractivity contribution in [3.8, 4) is 11.3 Å². The molecule has 1 heterocycles. The van der Waals surface area contributed by atoms with E-state index in [0.29, 0.717) is 0 Å². The molecule has 0 saturated heterocycles. The molecule has 0 saturated carbocycles. The first-order valence-electron chi connectivity index (χ1n) is 5.84. The van der Waals surface area contributed by atoms with Crippen LogP contribution in [0, 0.1) is 13.8 Å². The number of hydrogen-bond acceptors (Lipinski definition) is 3. The minimum absolute atomic E-state index is 0.124. The molecular weight excluding hydrogens is 226 g/mol. The highest BCUT2D eigenvalue weighted by molar-refractivity contribution is 5.66. The van der Waals surface area contributed by atoms with Crippen LogP contribution in [0.25, 0.3) is 11.3 Å². The van der Waals surface area contributed by atoms with Gasteiger partial charge in [-0.2, -0.15) is 5.10 Å². The molecule has 0 unspecified atom stereocenters. The van der Waals surface area contributed by atoms with E-state index in [0.717, 1.165) is 28.1 Å². The van der Waals surface area contributed by atoms with Gasteiger partial charge in [-0.1, -0.05) is 12.1 Å². The largest absolute Gasteiger partial charge is 0.378 e. The number of nitrogens with one attached hydrogen (secondary N) is 1. The normalized spacial score (nSPS) is 10.4. The number of anilines is 1. The van der Waals surface area contributed by atoms with E-state index < -0.39 is 0 Å². The molecule has 0 radical (unpaired) electrons. The monoisotopic (exact) mass is 243 g/mol. The van der Waals surface area contributed by atoms with Crippen LogP contribution < -0.4 is 10.5 Å². The van der Waals surface area contributed by atoms with Gasteiger partial charge in [-0.15, -0.1) is 0 Å². The lowest BCUT2D eigenvalue weighted by atomic mass is 10.0. The highest BCUT2D eigenvalue weighted by atomic mass is 16.1. The maximum atomic E-state index is 11.4. The molecule has 1 aromatic carbocycles. The van der Waals surface area contributed by atoms with Gasteiger partial charge in [0.2, 0.25) is 0 Å². The van der Waals surface area contributed by atoms with Crippen LogP contribution in [-0.2, 0) is 0 Å². The van der Waals surface area contributed by atoms with Gasteiger partial charge in [-0.25, -0.2) is 5.10 Å². The predicted octanol–water partition coefficient (Wildman–Crippen LogP) is 2.12. The highest BCUT2D eigenvalue weighted by Crippen LogP contribution is 2.23. The van der Waals surface area contributed by atoms with Gasteiger partial charge in [-0.05, 0) is 31.5 Å². The fraction of sp³-hybridized carbons (Fsp3) is 0.286. The van der Waals surface area contributed by atoms with Gasteiger partial charge in [0.1, 0.15) is 0 Å². The maximum Gasteiger partial charge on any atom is 0.267 e. The van der Waals surface area contributed by atoms with Gasteiger partial charge in [0.25, 0.3) is 5.56 Å². The average Bonchev–Trinajstić information content (AvgIpc) is 2.36. The first kappa shape index (κ1) is 12.4. The second kappa shape index (κ2) is 4.64. The smallest absolute Gasteiger partial charge is 0.267 e. The van der Waals surface area contributed by atoms with E-state index in [9.17, 15) is 4.79 Å². The van der Waals surface area contributed by atoms with Crippen molar-refractivity contribution in [3.63, 3.8) is 0 Å². The third-order valence-corrected chi connectivity index (χ3v) is 3.18. The summed E-state index contributed by atoms with van der Waals surface area (Å²) < 4.78 is 0. The van der Waals surface area contributed by atoms with Gasteiger partial charge in [-0.3, -0.25) is 4.79 Å². The van der Waals surface area contributed by atoms with E-state index in [2.05, 4.69) is 10.2 Å². The molecule has 1 aromatic heterocycles. The Bertz CT molecular complexity index is 612. The Morgan fingerprint density at radius 2 is 1.67 bits per heavy atom. The fourth-order valence-electron chi connectivity index (χ4n) is 1.82. The van der Waals surface area contributed by atoms with E-state index in [1.165, 1.54) is 0 Å². The molecule has 0 aliphatic heterocycles. The van der Waals surface area contributed by atoms with Crippen molar-refractivity contribution < 1.29 is 0 Å². The molecule has 4 heteroatoms. The predicted molar refractivity (Wildman–Crippen MR) is 74.1 cm³/mol.